The molecule has 5 unspecified atom stereocenters. The van der Waals surface area contributed by atoms with Gasteiger partial charge < -0.3 is 4.74 Å². The summed E-state index contributed by atoms with van der Waals surface area (Å²) in [6.07, 6.45) is 4.26. The fourth-order valence-corrected chi connectivity index (χ4v) is 4.49. The van der Waals surface area contributed by atoms with Crippen molar-refractivity contribution in [1.82, 2.24) is 4.90 Å². The third kappa shape index (κ3) is 2.46. The summed E-state index contributed by atoms with van der Waals surface area (Å²) in [6.45, 7) is 6.89. The van der Waals surface area contributed by atoms with Gasteiger partial charge in [-0.25, -0.2) is 4.79 Å². The highest BCUT2D eigenvalue weighted by molar-refractivity contribution is 6.03. The molecule has 2 saturated carbocycles. The van der Waals surface area contributed by atoms with E-state index in [2.05, 4.69) is 13.5 Å². The van der Waals surface area contributed by atoms with Crippen LogP contribution in [0.5, 0.6) is 0 Å². The number of rotatable bonds is 3. The molecule has 120 valence electrons. The van der Waals surface area contributed by atoms with E-state index in [1.807, 2.05) is 0 Å². The molecule has 0 aromatic carbocycles. The van der Waals surface area contributed by atoms with Crippen LogP contribution in [-0.2, 0) is 19.1 Å². The van der Waals surface area contributed by atoms with Crippen molar-refractivity contribution in [2.45, 2.75) is 45.6 Å². The molecule has 0 N–H and O–H groups in total. The van der Waals surface area contributed by atoms with E-state index in [-0.39, 0.29) is 30.0 Å². The quantitative estimate of drug-likeness (QED) is 0.454. The van der Waals surface area contributed by atoms with Gasteiger partial charge in [-0.1, -0.05) is 13.5 Å². The highest BCUT2D eigenvalue weighted by Crippen LogP contribution is 2.51. The summed E-state index contributed by atoms with van der Waals surface area (Å²) >= 11 is 0. The van der Waals surface area contributed by atoms with Crippen LogP contribution in [0.3, 0.4) is 0 Å². The largest absolute Gasteiger partial charge is 0.452 e. The smallest absolute Gasteiger partial charge is 0.333 e. The molecule has 0 aromatic rings. The summed E-state index contributed by atoms with van der Waals surface area (Å²) in [4.78, 5) is 37.1. The van der Waals surface area contributed by atoms with Crippen molar-refractivity contribution in [3.8, 4) is 0 Å². The van der Waals surface area contributed by atoms with E-state index in [9.17, 15) is 14.4 Å². The maximum atomic E-state index is 12.2. The van der Waals surface area contributed by atoms with Crippen LogP contribution in [0.2, 0.25) is 0 Å². The first-order valence-electron chi connectivity index (χ1n) is 8.07. The van der Waals surface area contributed by atoms with Crippen LogP contribution in [0.1, 0.15) is 39.5 Å². The molecule has 0 aromatic heterocycles. The molecule has 22 heavy (non-hydrogen) atoms. The van der Waals surface area contributed by atoms with Gasteiger partial charge in [0.05, 0.1) is 12.0 Å². The molecular formula is C17H23NO4. The zero-order valence-corrected chi connectivity index (χ0v) is 13.2. The summed E-state index contributed by atoms with van der Waals surface area (Å²) in [5.74, 6) is 0.947. The number of likely N-dealkylation sites (tertiary alicyclic amines) is 1. The number of hydrogen-bond donors (Lipinski definition) is 0. The number of hydrogen-bond acceptors (Lipinski definition) is 4. The topological polar surface area (TPSA) is 63.7 Å². The minimum Gasteiger partial charge on any atom is -0.452 e. The second-order valence-corrected chi connectivity index (χ2v) is 7.20. The van der Waals surface area contributed by atoms with E-state index < -0.39 is 11.9 Å². The first-order valence-corrected chi connectivity index (χ1v) is 8.07. The monoisotopic (exact) mass is 305 g/mol. The van der Waals surface area contributed by atoms with E-state index in [4.69, 9.17) is 4.74 Å². The van der Waals surface area contributed by atoms with Crippen molar-refractivity contribution in [2.24, 2.45) is 23.7 Å². The summed E-state index contributed by atoms with van der Waals surface area (Å²) in [6, 6.07) is 0.0232. The van der Waals surface area contributed by atoms with Gasteiger partial charge in [0.15, 0.2) is 6.61 Å². The summed E-state index contributed by atoms with van der Waals surface area (Å²) < 4.78 is 4.87. The summed E-state index contributed by atoms with van der Waals surface area (Å²) in [7, 11) is 0. The third-order valence-electron chi connectivity index (χ3n) is 5.47. The molecule has 5 atom stereocenters. The van der Waals surface area contributed by atoms with Gasteiger partial charge in [0.25, 0.3) is 5.91 Å². The minimum atomic E-state index is -0.591. The lowest BCUT2D eigenvalue weighted by Crippen LogP contribution is -2.66. The number of carbonyl (C=O) groups excluding carboxylic acids is 3. The van der Waals surface area contributed by atoms with Crippen LogP contribution in [-0.4, -0.2) is 35.3 Å². The van der Waals surface area contributed by atoms with Crippen LogP contribution in [0.15, 0.2) is 12.2 Å². The normalized spacial score (nSPS) is 36.2. The molecule has 1 heterocycles. The Morgan fingerprint density at radius 3 is 2.50 bits per heavy atom. The minimum absolute atomic E-state index is 0.00680. The number of esters is 1. The number of nitrogens with zero attached hydrogens (tertiary/aromatic N) is 1. The maximum Gasteiger partial charge on any atom is 0.333 e. The first kappa shape index (κ1) is 15.3. The number of β-lactam (4-membered cyclic amide) rings is 1. The number of imide groups is 1. The second-order valence-electron chi connectivity index (χ2n) is 7.20. The van der Waals surface area contributed by atoms with Crippen LogP contribution >= 0.6 is 0 Å². The first-order chi connectivity index (χ1) is 10.4. The molecule has 3 fully saturated rings. The van der Waals surface area contributed by atoms with Crippen LogP contribution < -0.4 is 0 Å². The zero-order valence-electron chi connectivity index (χ0n) is 13.2. The standard InChI is InChI=1S/C17H23NO4/c1-9(2)17(21)22-8-15(19)18-14-7-12-5-10(3)4-11(12)6-13(14)16(18)20/h10-14H,1,4-8H2,2-3H3. The van der Waals surface area contributed by atoms with E-state index >= 15 is 0 Å². The number of fused-ring (bicyclic) bond motifs is 2. The fraction of sp³-hybridized carbons (Fsp3) is 0.706. The lowest BCUT2D eigenvalue weighted by molar-refractivity contribution is -0.175. The van der Waals surface area contributed by atoms with Crippen molar-refractivity contribution in [3.63, 3.8) is 0 Å². The van der Waals surface area contributed by atoms with Gasteiger partial charge in [0, 0.05) is 5.57 Å². The Hall–Kier alpha value is -1.65. The Labute approximate surface area is 130 Å². The average Bonchev–Trinajstić information content (AvgIpc) is 2.82. The van der Waals surface area contributed by atoms with Crippen molar-refractivity contribution in [2.75, 3.05) is 6.61 Å². The zero-order chi connectivity index (χ0) is 16.0. The molecule has 2 aliphatic carbocycles. The molecule has 5 heteroatoms. The second kappa shape index (κ2) is 5.52. The highest BCUT2D eigenvalue weighted by atomic mass is 16.5. The van der Waals surface area contributed by atoms with Crippen LogP contribution in [0, 0.1) is 23.7 Å². The SMILES string of the molecule is C=C(C)C(=O)OCC(=O)N1C(=O)C2CC3CC(C)CC3CC21. The molecule has 0 radical (unpaired) electrons. The van der Waals surface area contributed by atoms with Crippen molar-refractivity contribution < 1.29 is 19.1 Å². The van der Waals surface area contributed by atoms with Gasteiger partial charge in [-0.3, -0.25) is 14.5 Å². The summed E-state index contributed by atoms with van der Waals surface area (Å²) in [5, 5.41) is 0. The van der Waals surface area contributed by atoms with Crippen LogP contribution in [0.4, 0.5) is 0 Å². The third-order valence-corrected chi connectivity index (χ3v) is 5.47. The predicted molar refractivity (Wildman–Crippen MR) is 79.5 cm³/mol. The average molecular weight is 305 g/mol. The highest BCUT2D eigenvalue weighted by Gasteiger charge is 2.56. The van der Waals surface area contributed by atoms with Gasteiger partial charge in [0.2, 0.25) is 5.91 Å². The Morgan fingerprint density at radius 1 is 1.23 bits per heavy atom. The molecule has 1 aliphatic heterocycles. The molecule has 1 saturated heterocycles. The fourth-order valence-electron chi connectivity index (χ4n) is 4.49. The number of ether oxygens (including phenoxy) is 1. The van der Waals surface area contributed by atoms with Crippen molar-refractivity contribution in [1.29, 1.82) is 0 Å². The Morgan fingerprint density at radius 2 is 1.86 bits per heavy atom. The number of amides is 2. The van der Waals surface area contributed by atoms with E-state index in [0.29, 0.717) is 11.8 Å². The molecule has 3 aliphatic rings. The molecule has 0 bridgehead atoms. The maximum absolute atomic E-state index is 12.2. The van der Waals surface area contributed by atoms with Gasteiger partial charge in [-0.2, -0.15) is 0 Å². The van der Waals surface area contributed by atoms with Gasteiger partial charge in [0.1, 0.15) is 0 Å². The number of carbonyl (C=O) groups is 3. The molecule has 3 rings (SSSR count). The lowest BCUT2D eigenvalue weighted by Gasteiger charge is -2.51. The van der Waals surface area contributed by atoms with Crippen molar-refractivity contribution >= 4 is 17.8 Å². The Kier molecular flexibility index (Phi) is 3.83. The Balaban J connectivity index is 1.59. The lowest BCUT2D eigenvalue weighted by atomic mass is 9.67. The van der Waals surface area contributed by atoms with E-state index in [1.165, 1.54) is 24.7 Å². The molecular weight excluding hydrogens is 282 g/mol. The molecule has 5 nitrogen and oxygen atoms in total. The van der Waals surface area contributed by atoms with Crippen molar-refractivity contribution in [3.05, 3.63) is 12.2 Å². The predicted octanol–water partition coefficient (Wildman–Crippen LogP) is 1.92. The van der Waals surface area contributed by atoms with Gasteiger partial charge in [-0.05, 0) is 50.4 Å². The Bertz CT molecular complexity index is 541. The van der Waals surface area contributed by atoms with Gasteiger partial charge >= 0.3 is 5.97 Å². The van der Waals surface area contributed by atoms with E-state index in [1.54, 1.807) is 0 Å². The molecule has 2 amide bonds. The summed E-state index contributed by atoms with van der Waals surface area (Å²) in [5.41, 5.74) is 0.251. The van der Waals surface area contributed by atoms with E-state index in [0.717, 1.165) is 18.8 Å². The van der Waals surface area contributed by atoms with Crippen LogP contribution in [0.25, 0.3) is 0 Å². The van der Waals surface area contributed by atoms with Gasteiger partial charge in [-0.15, -0.1) is 0 Å². The molecule has 0 spiro atoms.